The molecule has 0 aliphatic carbocycles. The summed E-state index contributed by atoms with van der Waals surface area (Å²) in [5.41, 5.74) is 1.08. The van der Waals surface area contributed by atoms with Gasteiger partial charge in [-0.05, 0) is 44.5 Å². The van der Waals surface area contributed by atoms with Gasteiger partial charge < -0.3 is 5.32 Å². The van der Waals surface area contributed by atoms with Crippen LogP contribution >= 0.6 is 0 Å². The first-order valence-electron chi connectivity index (χ1n) is 7.19. The van der Waals surface area contributed by atoms with E-state index in [1.807, 2.05) is 6.92 Å². The van der Waals surface area contributed by atoms with Crippen molar-refractivity contribution in [1.29, 1.82) is 0 Å². The molecule has 0 fully saturated rings. The molecular formula is C15H24N2O3S. The van der Waals surface area contributed by atoms with Crippen molar-refractivity contribution in [2.75, 3.05) is 17.1 Å². The molecule has 0 spiro atoms. The van der Waals surface area contributed by atoms with Crippen molar-refractivity contribution in [3.05, 3.63) is 29.8 Å². The summed E-state index contributed by atoms with van der Waals surface area (Å²) in [5, 5.41) is 2.92. The Morgan fingerprint density at radius 3 is 2.29 bits per heavy atom. The lowest BCUT2D eigenvalue weighted by atomic mass is 10.1. The van der Waals surface area contributed by atoms with Crippen molar-refractivity contribution in [1.82, 2.24) is 5.32 Å². The van der Waals surface area contributed by atoms with E-state index >= 15 is 0 Å². The number of amides is 1. The Bertz CT molecular complexity index is 567. The van der Waals surface area contributed by atoms with Crippen LogP contribution < -0.4 is 9.62 Å². The Balaban J connectivity index is 2.81. The van der Waals surface area contributed by atoms with Crippen LogP contribution in [0.4, 0.5) is 5.69 Å². The van der Waals surface area contributed by atoms with E-state index in [2.05, 4.69) is 12.2 Å². The minimum absolute atomic E-state index is 0.0419. The molecule has 0 bridgehead atoms. The molecule has 1 atom stereocenters. The van der Waals surface area contributed by atoms with Gasteiger partial charge in [0.05, 0.1) is 11.4 Å². The molecule has 118 valence electrons. The van der Waals surface area contributed by atoms with E-state index in [-0.39, 0.29) is 17.7 Å². The molecule has 6 heteroatoms. The highest BCUT2D eigenvalue weighted by Gasteiger charge is 2.16. The van der Waals surface area contributed by atoms with Crippen LogP contribution in [0.3, 0.4) is 0 Å². The summed E-state index contributed by atoms with van der Waals surface area (Å²) in [6, 6.07) is 6.71. The zero-order chi connectivity index (χ0) is 16.0. The first kappa shape index (κ1) is 17.5. The highest BCUT2D eigenvalue weighted by Crippen LogP contribution is 2.17. The van der Waals surface area contributed by atoms with E-state index in [0.717, 1.165) is 12.8 Å². The summed E-state index contributed by atoms with van der Waals surface area (Å²) in [4.78, 5) is 12.0. The third kappa shape index (κ3) is 4.74. The molecule has 21 heavy (non-hydrogen) atoms. The minimum atomic E-state index is -3.28. The highest BCUT2D eigenvalue weighted by molar-refractivity contribution is 7.92. The topological polar surface area (TPSA) is 66.5 Å². The van der Waals surface area contributed by atoms with Crippen molar-refractivity contribution < 1.29 is 13.2 Å². The van der Waals surface area contributed by atoms with Gasteiger partial charge in [0, 0.05) is 18.7 Å². The van der Waals surface area contributed by atoms with E-state index in [4.69, 9.17) is 0 Å². The summed E-state index contributed by atoms with van der Waals surface area (Å²) in [6.45, 7) is 5.64. The zero-order valence-corrected chi connectivity index (χ0v) is 13.9. The normalized spacial score (nSPS) is 12.8. The minimum Gasteiger partial charge on any atom is -0.350 e. The zero-order valence-electron chi connectivity index (χ0n) is 13.1. The predicted molar refractivity (Wildman–Crippen MR) is 86.1 cm³/mol. The fourth-order valence-electron chi connectivity index (χ4n) is 1.99. The summed E-state index contributed by atoms with van der Waals surface area (Å²) in [7, 11) is -1.77. The van der Waals surface area contributed by atoms with E-state index in [9.17, 15) is 13.2 Å². The summed E-state index contributed by atoms with van der Waals surface area (Å²) >= 11 is 0. The maximum Gasteiger partial charge on any atom is 0.251 e. The Hall–Kier alpha value is -1.56. The van der Waals surface area contributed by atoms with Crippen LogP contribution in [0.15, 0.2) is 24.3 Å². The molecule has 0 aliphatic heterocycles. The fourth-order valence-corrected chi connectivity index (χ4v) is 2.82. The van der Waals surface area contributed by atoms with Gasteiger partial charge in [-0.25, -0.2) is 8.42 Å². The average Bonchev–Trinajstić information content (AvgIpc) is 2.46. The number of hydrogen-bond donors (Lipinski definition) is 1. The third-order valence-corrected chi connectivity index (χ3v) is 5.15. The second-order valence-electron chi connectivity index (χ2n) is 5.08. The maximum absolute atomic E-state index is 12.0. The molecule has 0 unspecified atom stereocenters. The standard InChI is InChI=1S/C15H24N2O3S/c1-5-7-12(3)16-15(18)13-8-10-14(11-9-13)17(4)21(19,20)6-2/h8-12H,5-7H2,1-4H3,(H,16,18)/t12-/m1/s1. The number of hydrogen-bond acceptors (Lipinski definition) is 3. The van der Waals surface area contributed by atoms with Crippen molar-refractivity contribution in [2.45, 2.75) is 39.7 Å². The number of carbonyl (C=O) groups is 1. The summed E-state index contributed by atoms with van der Waals surface area (Å²) in [5.74, 6) is -0.0937. The van der Waals surface area contributed by atoms with Gasteiger partial charge in [-0.15, -0.1) is 0 Å². The van der Waals surface area contributed by atoms with Crippen LogP contribution in [0.2, 0.25) is 0 Å². The van der Waals surface area contributed by atoms with E-state index in [0.29, 0.717) is 11.3 Å². The van der Waals surface area contributed by atoms with Crippen LogP contribution in [0, 0.1) is 0 Å². The van der Waals surface area contributed by atoms with Crippen LogP contribution in [0.25, 0.3) is 0 Å². The van der Waals surface area contributed by atoms with Gasteiger partial charge in [-0.2, -0.15) is 0 Å². The van der Waals surface area contributed by atoms with Crippen LogP contribution in [0.1, 0.15) is 44.0 Å². The molecule has 0 radical (unpaired) electrons. The molecule has 1 rings (SSSR count). The smallest absolute Gasteiger partial charge is 0.251 e. The summed E-state index contributed by atoms with van der Waals surface area (Å²) < 4.78 is 24.8. The monoisotopic (exact) mass is 312 g/mol. The van der Waals surface area contributed by atoms with Crippen molar-refractivity contribution in [2.24, 2.45) is 0 Å². The number of benzene rings is 1. The Labute approximate surface area is 127 Å². The lowest BCUT2D eigenvalue weighted by molar-refractivity contribution is 0.0938. The molecule has 0 aromatic heterocycles. The molecule has 1 N–H and O–H groups in total. The molecule has 0 saturated carbocycles. The van der Waals surface area contributed by atoms with Gasteiger partial charge >= 0.3 is 0 Å². The fraction of sp³-hybridized carbons (Fsp3) is 0.533. The molecule has 0 heterocycles. The van der Waals surface area contributed by atoms with Crippen LogP contribution in [-0.4, -0.2) is 33.2 Å². The van der Waals surface area contributed by atoms with Gasteiger partial charge in [0.1, 0.15) is 0 Å². The van der Waals surface area contributed by atoms with Crippen LogP contribution in [0.5, 0.6) is 0 Å². The second kappa shape index (κ2) is 7.45. The van der Waals surface area contributed by atoms with Crippen molar-refractivity contribution >= 4 is 21.6 Å². The van der Waals surface area contributed by atoms with Crippen molar-refractivity contribution in [3.8, 4) is 0 Å². The van der Waals surface area contributed by atoms with E-state index in [1.54, 1.807) is 31.2 Å². The first-order valence-corrected chi connectivity index (χ1v) is 8.80. The second-order valence-corrected chi connectivity index (χ2v) is 7.37. The number of carbonyl (C=O) groups excluding carboxylic acids is 1. The Morgan fingerprint density at radius 1 is 1.24 bits per heavy atom. The van der Waals surface area contributed by atoms with Gasteiger partial charge in [-0.3, -0.25) is 9.10 Å². The third-order valence-electron chi connectivity index (χ3n) is 3.37. The lowest BCUT2D eigenvalue weighted by Gasteiger charge is -2.19. The summed E-state index contributed by atoms with van der Waals surface area (Å²) in [6.07, 6.45) is 1.95. The number of nitrogens with zero attached hydrogens (tertiary/aromatic N) is 1. The molecule has 1 aromatic carbocycles. The maximum atomic E-state index is 12.0. The number of rotatable bonds is 7. The predicted octanol–water partition coefficient (Wildman–Crippen LogP) is 2.39. The highest BCUT2D eigenvalue weighted by atomic mass is 32.2. The molecular weight excluding hydrogens is 288 g/mol. The Morgan fingerprint density at radius 2 is 1.81 bits per heavy atom. The number of nitrogens with one attached hydrogen (secondary N) is 1. The Kier molecular flexibility index (Phi) is 6.20. The number of sulfonamides is 1. The molecule has 0 saturated heterocycles. The van der Waals surface area contributed by atoms with E-state index in [1.165, 1.54) is 11.4 Å². The van der Waals surface area contributed by atoms with E-state index < -0.39 is 10.0 Å². The average molecular weight is 312 g/mol. The van der Waals surface area contributed by atoms with Gasteiger partial charge in [0.15, 0.2) is 0 Å². The van der Waals surface area contributed by atoms with Crippen molar-refractivity contribution in [3.63, 3.8) is 0 Å². The van der Waals surface area contributed by atoms with Gasteiger partial charge in [0.2, 0.25) is 10.0 Å². The van der Waals surface area contributed by atoms with Crippen LogP contribution in [-0.2, 0) is 10.0 Å². The number of anilines is 1. The SMILES string of the molecule is CCC[C@@H](C)NC(=O)c1ccc(N(C)S(=O)(=O)CC)cc1. The molecule has 0 aliphatic rings. The first-order chi connectivity index (χ1) is 9.81. The van der Waals surface area contributed by atoms with Gasteiger partial charge in [-0.1, -0.05) is 13.3 Å². The van der Waals surface area contributed by atoms with Gasteiger partial charge in [0.25, 0.3) is 5.91 Å². The molecule has 1 aromatic rings. The lowest BCUT2D eigenvalue weighted by Crippen LogP contribution is -2.32. The quantitative estimate of drug-likeness (QED) is 0.840. The molecule has 1 amide bonds. The molecule has 5 nitrogen and oxygen atoms in total. The largest absolute Gasteiger partial charge is 0.350 e.